The van der Waals surface area contributed by atoms with Crippen LogP contribution in [0.3, 0.4) is 0 Å². The van der Waals surface area contributed by atoms with Crippen molar-refractivity contribution in [2.24, 2.45) is 5.10 Å². The van der Waals surface area contributed by atoms with E-state index in [1.165, 1.54) is 5.56 Å². The Kier molecular flexibility index (Phi) is 4.94. The van der Waals surface area contributed by atoms with E-state index in [4.69, 9.17) is 4.74 Å². The normalized spacial score (nSPS) is 10.7. The lowest BCUT2D eigenvalue weighted by atomic mass is 10.0. The quantitative estimate of drug-likeness (QED) is 0.694. The van der Waals surface area contributed by atoms with Gasteiger partial charge in [0.05, 0.1) is 13.3 Å². The van der Waals surface area contributed by atoms with Gasteiger partial charge < -0.3 is 4.74 Å². The highest BCUT2D eigenvalue weighted by Gasteiger charge is 2.05. The molecule has 0 bridgehead atoms. The molecule has 0 aromatic heterocycles. The molecule has 0 fully saturated rings. The summed E-state index contributed by atoms with van der Waals surface area (Å²) in [5.74, 6) is 0.374. The third kappa shape index (κ3) is 3.73. The molecule has 2 aromatic carbocycles. The van der Waals surface area contributed by atoms with Crippen molar-refractivity contribution in [1.29, 1.82) is 0 Å². The highest BCUT2D eigenvalue weighted by molar-refractivity contribution is 5.95. The van der Waals surface area contributed by atoms with E-state index in [0.717, 1.165) is 16.7 Å². The number of nitrogens with one attached hydrogen (secondary N) is 1. The van der Waals surface area contributed by atoms with Crippen molar-refractivity contribution < 1.29 is 9.53 Å². The largest absolute Gasteiger partial charge is 0.497 e. The van der Waals surface area contributed by atoms with Crippen molar-refractivity contribution in [3.05, 3.63) is 64.2 Å². The summed E-state index contributed by atoms with van der Waals surface area (Å²) in [4.78, 5) is 12.0. The van der Waals surface area contributed by atoms with Gasteiger partial charge in [-0.25, -0.2) is 5.43 Å². The van der Waals surface area contributed by atoms with Gasteiger partial charge in [-0.1, -0.05) is 23.8 Å². The molecule has 0 aliphatic heterocycles. The topological polar surface area (TPSA) is 50.7 Å². The van der Waals surface area contributed by atoms with Crippen molar-refractivity contribution >= 4 is 12.1 Å². The second-order valence-electron chi connectivity index (χ2n) is 5.24. The molecule has 4 heteroatoms. The van der Waals surface area contributed by atoms with E-state index >= 15 is 0 Å². The second-order valence-corrected chi connectivity index (χ2v) is 5.24. The molecule has 0 aliphatic carbocycles. The maximum atomic E-state index is 12.0. The van der Waals surface area contributed by atoms with E-state index in [-0.39, 0.29) is 5.91 Å². The molecule has 0 saturated heterocycles. The van der Waals surface area contributed by atoms with Crippen LogP contribution in [0.2, 0.25) is 0 Å². The Hall–Kier alpha value is -2.62. The Labute approximate surface area is 130 Å². The first-order valence-electron chi connectivity index (χ1n) is 7.06. The predicted molar refractivity (Wildman–Crippen MR) is 88.7 cm³/mol. The first-order valence-corrected chi connectivity index (χ1v) is 7.06. The number of hydrogen-bond donors (Lipinski definition) is 1. The Morgan fingerprint density at radius 3 is 2.45 bits per heavy atom. The van der Waals surface area contributed by atoms with Crippen LogP contribution < -0.4 is 10.2 Å². The number of carbonyl (C=O) groups is 1. The fourth-order valence-corrected chi connectivity index (χ4v) is 2.38. The minimum absolute atomic E-state index is 0.266. The molecule has 0 atom stereocenters. The van der Waals surface area contributed by atoms with E-state index in [9.17, 15) is 4.79 Å². The number of ether oxygens (including phenoxy) is 1. The van der Waals surface area contributed by atoms with Gasteiger partial charge in [-0.15, -0.1) is 0 Å². The number of methoxy groups -OCH3 is 1. The number of amides is 1. The molecule has 4 nitrogen and oxygen atoms in total. The molecule has 0 radical (unpaired) electrons. The van der Waals surface area contributed by atoms with Gasteiger partial charge in [-0.05, 0) is 50.1 Å². The summed E-state index contributed by atoms with van der Waals surface area (Å²) in [6.07, 6.45) is 1.68. The number of carbonyl (C=O) groups excluding carboxylic acids is 1. The monoisotopic (exact) mass is 296 g/mol. The summed E-state index contributed by atoms with van der Waals surface area (Å²) in [6, 6.07) is 11.1. The molecular weight excluding hydrogens is 276 g/mol. The summed E-state index contributed by atoms with van der Waals surface area (Å²) in [7, 11) is 1.57. The molecule has 0 heterocycles. The van der Waals surface area contributed by atoms with Crippen LogP contribution in [-0.4, -0.2) is 19.2 Å². The molecule has 1 amide bonds. The standard InChI is InChI=1S/C18H20N2O2/c1-12-8-13(2)17(14(3)9-12)11-19-20-18(21)15-6-5-7-16(10-15)22-4/h5-11H,1-4H3,(H,20,21)/b19-11+. The molecule has 0 spiro atoms. The Morgan fingerprint density at radius 2 is 1.82 bits per heavy atom. The van der Waals surface area contributed by atoms with Gasteiger partial charge in [0.1, 0.15) is 5.75 Å². The average molecular weight is 296 g/mol. The van der Waals surface area contributed by atoms with Crippen LogP contribution in [0, 0.1) is 20.8 Å². The SMILES string of the molecule is COc1cccc(C(=O)N/N=C/c2c(C)cc(C)cc2C)c1. The number of benzene rings is 2. The van der Waals surface area contributed by atoms with E-state index in [0.29, 0.717) is 11.3 Å². The van der Waals surface area contributed by atoms with Crippen LogP contribution in [0.5, 0.6) is 5.75 Å². The highest BCUT2D eigenvalue weighted by Crippen LogP contribution is 2.14. The zero-order valence-electron chi connectivity index (χ0n) is 13.3. The van der Waals surface area contributed by atoms with Crippen molar-refractivity contribution in [2.75, 3.05) is 7.11 Å². The molecule has 2 rings (SSSR count). The fraction of sp³-hybridized carbons (Fsp3) is 0.222. The second kappa shape index (κ2) is 6.89. The van der Waals surface area contributed by atoms with Gasteiger partial charge in [-0.2, -0.15) is 5.10 Å². The lowest BCUT2D eigenvalue weighted by Gasteiger charge is -2.07. The van der Waals surface area contributed by atoms with E-state index in [1.807, 2.05) is 13.8 Å². The van der Waals surface area contributed by atoms with Crippen LogP contribution in [0.25, 0.3) is 0 Å². The Bertz CT molecular complexity index is 698. The van der Waals surface area contributed by atoms with E-state index in [2.05, 4.69) is 29.6 Å². The lowest BCUT2D eigenvalue weighted by Crippen LogP contribution is -2.17. The van der Waals surface area contributed by atoms with Gasteiger partial charge in [0.15, 0.2) is 0 Å². The molecule has 22 heavy (non-hydrogen) atoms. The zero-order chi connectivity index (χ0) is 16.1. The number of rotatable bonds is 4. The highest BCUT2D eigenvalue weighted by atomic mass is 16.5. The molecule has 1 N–H and O–H groups in total. The van der Waals surface area contributed by atoms with Crippen molar-refractivity contribution in [1.82, 2.24) is 5.43 Å². The van der Waals surface area contributed by atoms with Gasteiger partial charge in [0.2, 0.25) is 0 Å². The first-order chi connectivity index (χ1) is 10.5. The van der Waals surface area contributed by atoms with Crippen molar-refractivity contribution in [2.45, 2.75) is 20.8 Å². The fourth-order valence-electron chi connectivity index (χ4n) is 2.38. The van der Waals surface area contributed by atoms with Crippen LogP contribution in [0.1, 0.15) is 32.6 Å². The first kappa shape index (κ1) is 15.8. The Balaban J connectivity index is 2.11. The summed E-state index contributed by atoms with van der Waals surface area (Å²) in [6.45, 7) is 6.13. The van der Waals surface area contributed by atoms with Gasteiger partial charge >= 0.3 is 0 Å². The minimum Gasteiger partial charge on any atom is -0.497 e. The third-order valence-corrected chi connectivity index (χ3v) is 3.43. The molecule has 2 aromatic rings. The summed E-state index contributed by atoms with van der Waals surface area (Å²) in [5.41, 5.74) is 7.56. The van der Waals surface area contributed by atoms with Gasteiger partial charge in [0, 0.05) is 11.1 Å². The summed E-state index contributed by atoms with van der Waals surface area (Å²) >= 11 is 0. The number of hydrazone groups is 1. The number of hydrogen-bond acceptors (Lipinski definition) is 3. The van der Waals surface area contributed by atoms with Crippen LogP contribution in [-0.2, 0) is 0 Å². The van der Waals surface area contributed by atoms with E-state index in [1.54, 1.807) is 37.6 Å². The predicted octanol–water partition coefficient (Wildman–Crippen LogP) is 3.38. The van der Waals surface area contributed by atoms with Gasteiger partial charge in [-0.3, -0.25) is 4.79 Å². The van der Waals surface area contributed by atoms with Crippen LogP contribution in [0.15, 0.2) is 41.5 Å². The van der Waals surface area contributed by atoms with Crippen molar-refractivity contribution in [3.8, 4) is 5.75 Å². The Morgan fingerprint density at radius 1 is 1.14 bits per heavy atom. The molecule has 0 saturated carbocycles. The molecule has 114 valence electrons. The average Bonchev–Trinajstić information content (AvgIpc) is 2.49. The molecule has 0 aliphatic rings. The van der Waals surface area contributed by atoms with Gasteiger partial charge in [0.25, 0.3) is 5.91 Å². The maximum Gasteiger partial charge on any atom is 0.271 e. The number of aryl methyl sites for hydroxylation is 3. The smallest absolute Gasteiger partial charge is 0.271 e. The lowest BCUT2D eigenvalue weighted by molar-refractivity contribution is 0.0955. The van der Waals surface area contributed by atoms with Crippen molar-refractivity contribution in [3.63, 3.8) is 0 Å². The number of nitrogens with zero attached hydrogens (tertiary/aromatic N) is 1. The zero-order valence-corrected chi connectivity index (χ0v) is 13.3. The molecular formula is C18H20N2O2. The maximum absolute atomic E-state index is 12.0. The summed E-state index contributed by atoms with van der Waals surface area (Å²) in [5, 5.41) is 4.06. The van der Waals surface area contributed by atoms with Crippen LogP contribution >= 0.6 is 0 Å². The minimum atomic E-state index is -0.266. The third-order valence-electron chi connectivity index (χ3n) is 3.43. The van der Waals surface area contributed by atoms with Crippen LogP contribution in [0.4, 0.5) is 0 Å². The summed E-state index contributed by atoms with van der Waals surface area (Å²) < 4.78 is 5.10. The molecule has 0 unspecified atom stereocenters. The van der Waals surface area contributed by atoms with E-state index < -0.39 is 0 Å².